The van der Waals surface area contributed by atoms with Gasteiger partial charge in [-0.25, -0.2) is 0 Å². The quantitative estimate of drug-likeness (QED) is 0.173. The third kappa shape index (κ3) is 9.19. The average molecular weight is 592 g/mol. The van der Waals surface area contributed by atoms with Crippen molar-refractivity contribution in [3.63, 3.8) is 0 Å². The van der Waals surface area contributed by atoms with E-state index in [1.165, 1.54) is 11.1 Å². The van der Waals surface area contributed by atoms with Crippen molar-refractivity contribution in [1.29, 1.82) is 0 Å². The van der Waals surface area contributed by atoms with Gasteiger partial charge in [-0.15, -0.1) is 0 Å². The molecule has 0 aliphatic rings. The molecule has 0 radical (unpaired) electrons. The lowest BCUT2D eigenvalue weighted by atomic mass is 9.77. The number of benzene rings is 4. The number of rotatable bonds is 4. The minimum Gasteiger partial charge on any atom is -0.423 e. The first kappa shape index (κ1) is 29.2. The molecule has 36 heavy (non-hydrogen) atoms. The molecule has 0 unspecified atom stereocenters. The maximum atomic E-state index is 11.2. The Balaban J connectivity index is 0.000000200. The number of ketones is 2. The van der Waals surface area contributed by atoms with Crippen LogP contribution in [0.1, 0.15) is 45.7 Å². The van der Waals surface area contributed by atoms with Crippen LogP contribution in [0, 0.1) is 17.4 Å². The molecular weight excluding hydrogens is 562 g/mol. The van der Waals surface area contributed by atoms with Gasteiger partial charge in [0.1, 0.15) is 0 Å². The molecule has 0 bridgehead atoms. The molecule has 4 aromatic carbocycles. The van der Waals surface area contributed by atoms with E-state index in [0.717, 1.165) is 25.8 Å². The van der Waals surface area contributed by atoms with Gasteiger partial charge in [0.05, 0.1) is 0 Å². The number of aryl methyl sites for hydroxylation is 2. The minimum atomic E-state index is -1.35. The Labute approximate surface area is 227 Å². The van der Waals surface area contributed by atoms with Crippen LogP contribution in [0.4, 0.5) is 0 Å². The Bertz CT molecular complexity index is 1280. The van der Waals surface area contributed by atoms with Crippen LogP contribution in [-0.4, -0.2) is 28.7 Å². The fourth-order valence-corrected chi connectivity index (χ4v) is 3.70. The molecular formula is C30H30BIO4. The number of carbonyl (C=O) groups is 2. The fraction of sp³-hybridized carbons (Fsp3) is 0.133. The molecule has 4 nitrogen and oxygen atoms in total. The summed E-state index contributed by atoms with van der Waals surface area (Å²) in [6, 6.07) is 30.7. The summed E-state index contributed by atoms with van der Waals surface area (Å²) in [5.41, 5.74) is 6.64. The van der Waals surface area contributed by atoms with Gasteiger partial charge < -0.3 is 10.0 Å². The standard InChI is InChI=1S/C15H14O.C8H7IO.C7H9BO2/c1-11-5-3-4-6-15(11)14-9-7-13(8-10-14)12(2)16;1-6(10)7-2-4-8(9)5-3-7;1-6-4-2-3-5-7(6)8(9)10/h3-10H,1-2H3;2-5H,1H3;2-5,9-10H,1H3. The zero-order valence-corrected chi connectivity index (χ0v) is 23.1. The van der Waals surface area contributed by atoms with E-state index in [-0.39, 0.29) is 11.6 Å². The SMILES string of the molecule is CC(=O)c1ccc(-c2ccccc2C)cc1.CC(=O)c1ccc(I)cc1.Cc1ccccc1B(O)O. The summed E-state index contributed by atoms with van der Waals surface area (Å²) in [6.07, 6.45) is 0. The third-order valence-corrected chi connectivity index (χ3v) is 6.18. The normalized spacial score (nSPS) is 9.75. The van der Waals surface area contributed by atoms with E-state index in [0.29, 0.717) is 5.46 Å². The van der Waals surface area contributed by atoms with Gasteiger partial charge in [0.25, 0.3) is 0 Å². The summed E-state index contributed by atoms with van der Waals surface area (Å²) < 4.78 is 1.16. The van der Waals surface area contributed by atoms with Crippen LogP contribution < -0.4 is 5.46 Å². The predicted octanol–water partition coefficient (Wildman–Crippen LogP) is 6.03. The second-order valence-electron chi connectivity index (χ2n) is 8.24. The number of halogens is 1. The van der Waals surface area contributed by atoms with Crippen molar-refractivity contribution < 1.29 is 19.6 Å². The van der Waals surface area contributed by atoms with E-state index in [2.05, 4.69) is 41.6 Å². The smallest absolute Gasteiger partial charge is 0.423 e. The van der Waals surface area contributed by atoms with Crippen LogP contribution >= 0.6 is 22.6 Å². The monoisotopic (exact) mass is 592 g/mol. The third-order valence-electron chi connectivity index (χ3n) is 5.46. The van der Waals surface area contributed by atoms with Gasteiger partial charge in [-0.2, -0.15) is 0 Å². The highest BCUT2D eigenvalue weighted by Crippen LogP contribution is 2.23. The van der Waals surface area contributed by atoms with Crippen molar-refractivity contribution in [3.8, 4) is 11.1 Å². The van der Waals surface area contributed by atoms with Crippen LogP contribution in [0.25, 0.3) is 11.1 Å². The first-order valence-electron chi connectivity index (χ1n) is 11.4. The van der Waals surface area contributed by atoms with Gasteiger partial charge in [-0.3, -0.25) is 9.59 Å². The van der Waals surface area contributed by atoms with Crippen molar-refractivity contribution in [2.24, 2.45) is 0 Å². The first-order chi connectivity index (χ1) is 17.1. The molecule has 0 atom stereocenters. The molecule has 0 heterocycles. The largest absolute Gasteiger partial charge is 0.488 e. The molecule has 0 aromatic heterocycles. The van der Waals surface area contributed by atoms with Crippen LogP contribution in [0.3, 0.4) is 0 Å². The van der Waals surface area contributed by atoms with Gasteiger partial charge >= 0.3 is 7.12 Å². The Morgan fingerprint density at radius 3 is 1.50 bits per heavy atom. The Kier molecular flexibility index (Phi) is 11.7. The van der Waals surface area contributed by atoms with Gasteiger partial charge in [-0.05, 0) is 84.6 Å². The fourth-order valence-electron chi connectivity index (χ4n) is 3.34. The average Bonchev–Trinajstić information content (AvgIpc) is 2.85. The van der Waals surface area contributed by atoms with E-state index in [1.54, 1.807) is 26.0 Å². The second kappa shape index (κ2) is 14.5. The summed E-state index contributed by atoms with van der Waals surface area (Å²) in [7, 11) is -1.35. The molecule has 0 saturated heterocycles. The summed E-state index contributed by atoms with van der Waals surface area (Å²) >= 11 is 2.21. The number of carbonyl (C=O) groups excluding carboxylic acids is 2. The number of Topliss-reactive ketones (excluding diaryl/α,β-unsaturated/α-hetero) is 2. The van der Waals surface area contributed by atoms with Crippen LogP contribution in [0.15, 0.2) is 97.1 Å². The van der Waals surface area contributed by atoms with Gasteiger partial charge in [0, 0.05) is 14.7 Å². The van der Waals surface area contributed by atoms with Crippen LogP contribution in [0.5, 0.6) is 0 Å². The summed E-state index contributed by atoms with van der Waals surface area (Å²) in [5.74, 6) is 0.229. The van der Waals surface area contributed by atoms with Crippen molar-refractivity contribution in [1.82, 2.24) is 0 Å². The molecule has 0 spiro atoms. The molecule has 0 aliphatic carbocycles. The topological polar surface area (TPSA) is 74.6 Å². The Hall–Kier alpha value is -3.07. The lowest BCUT2D eigenvalue weighted by Crippen LogP contribution is -2.31. The lowest BCUT2D eigenvalue weighted by Gasteiger charge is -2.05. The summed E-state index contributed by atoms with van der Waals surface area (Å²) in [4.78, 5) is 21.9. The highest BCUT2D eigenvalue weighted by Gasteiger charge is 2.11. The first-order valence-corrected chi connectivity index (χ1v) is 12.5. The van der Waals surface area contributed by atoms with Crippen molar-refractivity contribution in [3.05, 3.63) is 123 Å². The molecule has 0 amide bonds. The predicted molar refractivity (Wildman–Crippen MR) is 157 cm³/mol. The van der Waals surface area contributed by atoms with E-state index >= 15 is 0 Å². The van der Waals surface area contributed by atoms with Crippen LogP contribution in [-0.2, 0) is 0 Å². The Morgan fingerprint density at radius 2 is 1.08 bits per heavy atom. The molecule has 4 rings (SSSR count). The summed E-state index contributed by atoms with van der Waals surface area (Å²) in [6.45, 7) is 7.09. The maximum Gasteiger partial charge on any atom is 0.488 e. The molecule has 184 valence electrons. The zero-order valence-electron chi connectivity index (χ0n) is 20.9. The maximum absolute atomic E-state index is 11.2. The molecule has 6 heteroatoms. The highest BCUT2D eigenvalue weighted by molar-refractivity contribution is 14.1. The van der Waals surface area contributed by atoms with Crippen molar-refractivity contribution >= 4 is 46.7 Å². The minimum absolute atomic E-state index is 0.108. The number of hydrogen-bond donors (Lipinski definition) is 2. The lowest BCUT2D eigenvalue weighted by molar-refractivity contribution is 0.100. The Morgan fingerprint density at radius 1 is 0.639 bits per heavy atom. The van der Waals surface area contributed by atoms with Gasteiger partial charge in [0.15, 0.2) is 11.6 Å². The highest BCUT2D eigenvalue weighted by atomic mass is 127. The van der Waals surface area contributed by atoms with E-state index in [9.17, 15) is 9.59 Å². The van der Waals surface area contributed by atoms with E-state index < -0.39 is 7.12 Å². The van der Waals surface area contributed by atoms with Gasteiger partial charge in [-0.1, -0.05) is 90.5 Å². The van der Waals surface area contributed by atoms with Crippen LogP contribution in [0.2, 0.25) is 0 Å². The van der Waals surface area contributed by atoms with Gasteiger partial charge in [0.2, 0.25) is 0 Å². The second-order valence-corrected chi connectivity index (χ2v) is 9.49. The summed E-state index contributed by atoms with van der Waals surface area (Å²) in [5, 5.41) is 17.5. The van der Waals surface area contributed by atoms with Crippen molar-refractivity contribution in [2.75, 3.05) is 0 Å². The van der Waals surface area contributed by atoms with E-state index in [4.69, 9.17) is 10.0 Å². The molecule has 4 aromatic rings. The van der Waals surface area contributed by atoms with E-state index in [1.807, 2.05) is 79.7 Å². The molecule has 2 N–H and O–H groups in total. The number of hydrogen-bond acceptors (Lipinski definition) is 4. The van der Waals surface area contributed by atoms with Crippen molar-refractivity contribution in [2.45, 2.75) is 27.7 Å². The molecule has 0 aliphatic heterocycles. The molecule has 0 saturated carbocycles. The zero-order chi connectivity index (χ0) is 26.7. The molecule has 0 fully saturated rings.